The first-order valence-electron chi connectivity index (χ1n) is 7.17. The number of allylic oxidation sites excluding steroid dienone is 1. The van der Waals surface area contributed by atoms with E-state index in [0.717, 1.165) is 0 Å². The molecule has 0 aromatic heterocycles. The summed E-state index contributed by atoms with van der Waals surface area (Å²) in [5, 5.41) is 10.1. The number of rotatable bonds is 2. The molecule has 7 heteroatoms. The van der Waals surface area contributed by atoms with Crippen molar-refractivity contribution in [2.24, 2.45) is 5.92 Å². The number of hydrogen-bond acceptors (Lipinski definition) is 6. The molecule has 0 radical (unpaired) electrons. The maximum atomic E-state index is 13.1. The van der Waals surface area contributed by atoms with Crippen LogP contribution in [0.2, 0.25) is 5.02 Å². The molecule has 0 saturated carbocycles. The number of carbonyl (C=O) groups is 2. The molecular weight excluding hydrogens is 336 g/mol. The molecule has 1 aliphatic carbocycles. The monoisotopic (exact) mass is 350 g/mol. The predicted octanol–water partition coefficient (Wildman–Crippen LogP) is 2.77. The van der Waals surface area contributed by atoms with Gasteiger partial charge in [0.15, 0.2) is 11.5 Å². The second-order valence-electron chi connectivity index (χ2n) is 5.52. The van der Waals surface area contributed by atoms with Crippen molar-refractivity contribution in [2.45, 2.75) is 13.0 Å². The maximum absolute atomic E-state index is 13.1. The summed E-state index contributed by atoms with van der Waals surface area (Å²) in [6.07, 6.45) is 1.72. The molecule has 24 heavy (non-hydrogen) atoms. The first-order valence-corrected chi connectivity index (χ1v) is 7.55. The van der Waals surface area contributed by atoms with E-state index in [4.69, 9.17) is 25.8 Å². The Hall–Kier alpha value is -2.47. The van der Waals surface area contributed by atoms with E-state index < -0.39 is 18.0 Å². The summed E-state index contributed by atoms with van der Waals surface area (Å²) in [7, 11) is 2.64. The Balaban J connectivity index is 2.20. The molecule has 1 aromatic rings. The van der Waals surface area contributed by atoms with E-state index in [9.17, 15) is 14.7 Å². The highest BCUT2D eigenvalue weighted by atomic mass is 35.5. The number of carbonyl (C=O) groups excluding carboxylic acids is 2. The van der Waals surface area contributed by atoms with Crippen LogP contribution in [0, 0.1) is 12.8 Å². The average Bonchev–Trinajstić information content (AvgIpc) is 2.56. The molecule has 2 atom stereocenters. The van der Waals surface area contributed by atoms with E-state index >= 15 is 0 Å². The number of ketones is 1. The summed E-state index contributed by atoms with van der Waals surface area (Å²) < 4.78 is 15.8. The quantitative estimate of drug-likeness (QED) is 0.826. The van der Waals surface area contributed by atoms with Crippen molar-refractivity contribution in [3.05, 3.63) is 45.7 Å². The third-order valence-electron chi connectivity index (χ3n) is 4.09. The van der Waals surface area contributed by atoms with Gasteiger partial charge < -0.3 is 19.3 Å². The lowest BCUT2D eigenvalue weighted by Crippen LogP contribution is -2.41. The minimum Gasteiger partial charge on any atom is -0.508 e. The van der Waals surface area contributed by atoms with Crippen LogP contribution in [0.5, 0.6) is 11.5 Å². The van der Waals surface area contributed by atoms with Gasteiger partial charge in [-0.15, -0.1) is 0 Å². The van der Waals surface area contributed by atoms with Crippen molar-refractivity contribution in [2.75, 3.05) is 14.2 Å². The second kappa shape index (κ2) is 5.87. The van der Waals surface area contributed by atoms with E-state index in [2.05, 4.69) is 0 Å². The topological polar surface area (TPSA) is 82.1 Å². The SMILES string of the molecule is COC(=O)C1=CC(O)=CC2Oc3c(Cl)c(C)cc(OC)c3C(=O)C12. The number of benzene rings is 1. The first kappa shape index (κ1) is 16.4. The molecule has 2 unspecified atom stereocenters. The third-order valence-corrected chi connectivity index (χ3v) is 4.56. The third kappa shape index (κ3) is 2.34. The molecule has 3 rings (SSSR count). The van der Waals surface area contributed by atoms with Crippen LogP contribution in [-0.4, -0.2) is 37.2 Å². The summed E-state index contributed by atoms with van der Waals surface area (Å²) in [4.78, 5) is 25.1. The Labute approximate surface area is 143 Å². The van der Waals surface area contributed by atoms with Gasteiger partial charge in [0.25, 0.3) is 0 Å². The van der Waals surface area contributed by atoms with Crippen molar-refractivity contribution < 1.29 is 28.9 Å². The van der Waals surface area contributed by atoms with Crippen molar-refractivity contribution >= 4 is 23.4 Å². The van der Waals surface area contributed by atoms with Crippen LogP contribution in [0.15, 0.2) is 29.6 Å². The summed E-state index contributed by atoms with van der Waals surface area (Å²) in [6, 6.07) is 1.64. The minimum atomic E-state index is -0.937. The Kier molecular flexibility index (Phi) is 4.01. The van der Waals surface area contributed by atoms with E-state index in [1.54, 1.807) is 13.0 Å². The molecule has 0 bridgehead atoms. The lowest BCUT2D eigenvalue weighted by atomic mass is 9.80. The van der Waals surface area contributed by atoms with Crippen LogP contribution in [0.25, 0.3) is 0 Å². The molecule has 2 aliphatic rings. The van der Waals surface area contributed by atoms with Gasteiger partial charge in [0, 0.05) is 0 Å². The van der Waals surface area contributed by atoms with Gasteiger partial charge in [-0.1, -0.05) is 11.6 Å². The van der Waals surface area contributed by atoms with Gasteiger partial charge in [0.2, 0.25) is 0 Å². The lowest BCUT2D eigenvalue weighted by molar-refractivity contribution is -0.137. The van der Waals surface area contributed by atoms with Gasteiger partial charge in [-0.2, -0.15) is 0 Å². The molecule has 0 amide bonds. The number of esters is 1. The number of Topliss-reactive ketones (excluding diaryl/α,β-unsaturated/α-hetero) is 1. The van der Waals surface area contributed by atoms with Crippen molar-refractivity contribution in [1.29, 1.82) is 0 Å². The fourth-order valence-corrected chi connectivity index (χ4v) is 3.16. The zero-order chi connectivity index (χ0) is 17.6. The number of aliphatic hydroxyl groups excluding tert-OH is 1. The summed E-state index contributed by atoms with van der Waals surface area (Å²) in [5.41, 5.74) is 0.891. The molecular formula is C17H15ClO6. The van der Waals surface area contributed by atoms with Crippen LogP contribution >= 0.6 is 11.6 Å². The minimum absolute atomic E-state index is 0.0249. The largest absolute Gasteiger partial charge is 0.508 e. The zero-order valence-electron chi connectivity index (χ0n) is 13.3. The van der Waals surface area contributed by atoms with Crippen LogP contribution in [-0.2, 0) is 9.53 Å². The maximum Gasteiger partial charge on any atom is 0.334 e. The van der Waals surface area contributed by atoms with E-state index in [1.165, 1.54) is 26.4 Å². The number of halogens is 1. The Morgan fingerprint density at radius 3 is 2.71 bits per heavy atom. The van der Waals surface area contributed by atoms with Gasteiger partial charge in [0.1, 0.15) is 23.2 Å². The van der Waals surface area contributed by atoms with E-state index in [-0.39, 0.29) is 28.4 Å². The van der Waals surface area contributed by atoms with Crippen LogP contribution < -0.4 is 9.47 Å². The van der Waals surface area contributed by atoms with Crippen molar-refractivity contribution in [3.8, 4) is 11.5 Å². The van der Waals surface area contributed by atoms with Gasteiger partial charge in [-0.05, 0) is 30.7 Å². The molecule has 0 fully saturated rings. The van der Waals surface area contributed by atoms with E-state index in [1.807, 2.05) is 0 Å². The smallest absolute Gasteiger partial charge is 0.334 e. The average molecular weight is 351 g/mol. The van der Waals surface area contributed by atoms with Gasteiger partial charge in [-0.3, -0.25) is 4.79 Å². The normalized spacial score (nSPS) is 21.8. The second-order valence-corrected chi connectivity index (χ2v) is 5.90. The lowest BCUT2D eigenvalue weighted by Gasteiger charge is -2.34. The molecule has 1 N–H and O–H groups in total. The number of hydrogen-bond donors (Lipinski definition) is 1. The van der Waals surface area contributed by atoms with Gasteiger partial charge in [0.05, 0.1) is 30.7 Å². The summed E-state index contributed by atoms with van der Waals surface area (Å²) >= 11 is 6.28. The van der Waals surface area contributed by atoms with Gasteiger partial charge in [-0.25, -0.2) is 4.79 Å². The standard InChI is InChI=1S/C17H15ClO6/c1-7-4-10(22-2)13-15(20)12-9(17(21)23-3)5-8(19)6-11(12)24-16(13)14(7)18/h4-6,11-12,19H,1-3H3. The van der Waals surface area contributed by atoms with Crippen LogP contribution in [0.3, 0.4) is 0 Å². The summed E-state index contributed by atoms with van der Waals surface area (Å²) in [6.45, 7) is 1.76. The number of ether oxygens (including phenoxy) is 3. The number of fused-ring (bicyclic) bond motifs is 2. The van der Waals surface area contributed by atoms with E-state index in [0.29, 0.717) is 16.3 Å². The first-order chi connectivity index (χ1) is 11.4. The molecule has 6 nitrogen and oxygen atoms in total. The Morgan fingerprint density at radius 2 is 2.08 bits per heavy atom. The Bertz CT molecular complexity index is 808. The van der Waals surface area contributed by atoms with Gasteiger partial charge >= 0.3 is 5.97 Å². The van der Waals surface area contributed by atoms with Crippen molar-refractivity contribution in [3.63, 3.8) is 0 Å². The predicted molar refractivity (Wildman–Crippen MR) is 85.8 cm³/mol. The number of methoxy groups -OCH3 is 2. The van der Waals surface area contributed by atoms with Crippen LogP contribution in [0.4, 0.5) is 0 Å². The highest BCUT2D eigenvalue weighted by Crippen LogP contribution is 2.46. The molecule has 1 aliphatic heterocycles. The van der Waals surface area contributed by atoms with Crippen LogP contribution in [0.1, 0.15) is 15.9 Å². The Morgan fingerprint density at radius 1 is 1.38 bits per heavy atom. The molecule has 0 spiro atoms. The molecule has 1 aromatic carbocycles. The van der Waals surface area contributed by atoms with Crippen molar-refractivity contribution in [1.82, 2.24) is 0 Å². The summed E-state index contributed by atoms with van der Waals surface area (Å²) in [5.74, 6) is -1.69. The molecule has 126 valence electrons. The number of aryl methyl sites for hydroxylation is 1. The molecule has 0 saturated heterocycles. The highest BCUT2D eigenvalue weighted by molar-refractivity contribution is 6.34. The highest BCUT2D eigenvalue weighted by Gasteiger charge is 2.45. The zero-order valence-corrected chi connectivity index (χ0v) is 14.0. The number of aliphatic hydroxyl groups is 1. The molecule has 1 heterocycles. The fourth-order valence-electron chi connectivity index (χ4n) is 2.96. The fraction of sp³-hybridized carbons (Fsp3) is 0.294.